The molecule has 0 radical (unpaired) electrons. The molecule has 3 rings (SSSR count). The molecule has 0 spiro atoms. The molecule has 1 aromatic rings. The molecule has 2 atom stereocenters. The molecule has 4 heteroatoms. The van der Waals surface area contributed by atoms with Crippen LogP contribution in [-0.4, -0.2) is 22.3 Å². The highest BCUT2D eigenvalue weighted by molar-refractivity contribution is 5.76. The van der Waals surface area contributed by atoms with E-state index in [-0.39, 0.29) is 12.2 Å². The number of allylic oxidation sites excluding steroid dienone is 2. The molecule has 1 unspecified atom stereocenters. The van der Waals surface area contributed by atoms with Gasteiger partial charge in [-0.3, -0.25) is 0 Å². The molecule has 0 aliphatic heterocycles. The number of ether oxygens (including phenoxy) is 1. The van der Waals surface area contributed by atoms with Crippen LogP contribution in [0.3, 0.4) is 0 Å². The standard InChI is InChI=1S/C16H18O4/c17-13-5-2-10(3-6-13)8-14(18)16(19)20-15-9-11-1-4-12(15)7-11/h2-3,5-6,11,14,17-18H,1,4,7-9H2/t11?,14-/m1/s1. The van der Waals surface area contributed by atoms with Crippen molar-refractivity contribution < 1.29 is 19.7 Å². The molecule has 1 saturated carbocycles. The van der Waals surface area contributed by atoms with Crippen LogP contribution in [0.1, 0.15) is 31.2 Å². The molecular weight excluding hydrogens is 256 g/mol. The van der Waals surface area contributed by atoms with Gasteiger partial charge in [-0.25, -0.2) is 4.79 Å². The minimum atomic E-state index is -1.16. The van der Waals surface area contributed by atoms with E-state index in [1.54, 1.807) is 12.1 Å². The van der Waals surface area contributed by atoms with Crippen molar-refractivity contribution >= 4 is 5.97 Å². The van der Waals surface area contributed by atoms with Crippen LogP contribution in [0.25, 0.3) is 0 Å². The monoisotopic (exact) mass is 274 g/mol. The van der Waals surface area contributed by atoms with Gasteiger partial charge in [-0.1, -0.05) is 12.1 Å². The summed E-state index contributed by atoms with van der Waals surface area (Å²) in [6.07, 6.45) is 3.16. The maximum atomic E-state index is 11.9. The van der Waals surface area contributed by atoms with Crippen molar-refractivity contribution in [3.63, 3.8) is 0 Å². The highest BCUT2D eigenvalue weighted by Gasteiger charge is 2.33. The summed E-state index contributed by atoms with van der Waals surface area (Å²) in [4.78, 5) is 11.9. The Bertz CT molecular complexity index is 544. The van der Waals surface area contributed by atoms with Crippen molar-refractivity contribution in [1.29, 1.82) is 0 Å². The second-order valence-electron chi connectivity index (χ2n) is 5.65. The molecule has 1 fully saturated rings. The van der Waals surface area contributed by atoms with E-state index >= 15 is 0 Å². The number of phenolic OH excluding ortho intramolecular Hbond substituents is 1. The van der Waals surface area contributed by atoms with Crippen molar-refractivity contribution in [3.05, 3.63) is 41.2 Å². The van der Waals surface area contributed by atoms with Gasteiger partial charge in [-0.05, 0) is 48.4 Å². The molecule has 106 valence electrons. The number of esters is 1. The van der Waals surface area contributed by atoms with Crippen LogP contribution in [0.5, 0.6) is 5.75 Å². The first kappa shape index (κ1) is 13.2. The van der Waals surface area contributed by atoms with Crippen molar-refractivity contribution in [2.24, 2.45) is 5.92 Å². The number of hydrogen-bond acceptors (Lipinski definition) is 4. The topological polar surface area (TPSA) is 66.8 Å². The number of fused-ring (bicyclic) bond motifs is 2. The molecule has 1 aromatic carbocycles. The fourth-order valence-electron chi connectivity index (χ4n) is 3.01. The summed E-state index contributed by atoms with van der Waals surface area (Å²) in [7, 11) is 0. The maximum absolute atomic E-state index is 11.9. The normalized spacial score (nSPS) is 22.1. The third-order valence-corrected chi connectivity index (χ3v) is 4.12. The molecule has 2 aliphatic rings. The van der Waals surface area contributed by atoms with E-state index in [0.717, 1.165) is 30.6 Å². The average Bonchev–Trinajstić information content (AvgIpc) is 3.03. The Balaban J connectivity index is 1.58. The van der Waals surface area contributed by atoms with E-state index < -0.39 is 12.1 Å². The van der Waals surface area contributed by atoms with E-state index in [4.69, 9.17) is 4.74 Å². The molecule has 2 N–H and O–H groups in total. The average molecular weight is 274 g/mol. The van der Waals surface area contributed by atoms with E-state index in [0.29, 0.717) is 5.92 Å². The lowest BCUT2D eigenvalue weighted by atomic mass is 10.0. The van der Waals surface area contributed by atoms with Crippen LogP contribution in [0.4, 0.5) is 0 Å². The SMILES string of the molecule is O=C(OC1=C2CCC(C2)C1)[C@H](O)Cc1ccc(O)cc1. The zero-order valence-electron chi connectivity index (χ0n) is 11.2. The number of hydrogen-bond donors (Lipinski definition) is 2. The van der Waals surface area contributed by atoms with Crippen LogP contribution >= 0.6 is 0 Å². The number of aliphatic hydroxyl groups excluding tert-OH is 1. The lowest BCUT2D eigenvalue weighted by molar-refractivity contribution is -0.149. The molecule has 2 bridgehead atoms. The lowest BCUT2D eigenvalue weighted by Gasteiger charge is -2.15. The first-order chi connectivity index (χ1) is 9.61. The largest absolute Gasteiger partial charge is 0.508 e. The summed E-state index contributed by atoms with van der Waals surface area (Å²) in [5.74, 6) is 1.02. The number of carbonyl (C=O) groups excluding carboxylic acids is 1. The Kier molecular flexibility index (Phi) is 3.49. The number of phenols is 1. The van der Waals surface area contributed by atoms with Crippen molar-refractivity contribution in [1.82, 2.24) is 0 Å². The smallest absolute Gasteiger partial charge is 0.340 e. The number of benzene rings is 1. The minimum absolute atomic E-state index is 0.166. The Morgan fingerprint density at radius 3 is 2.65 bits per heavy atom. The number of rotatable bonds is 4. The minimum Gasteiger partial charge on any atom is -0.508 e. The van der Waals surface area contributed by atoms with E-state index in [1.807, 2.05) is 0 Å². The number of aromatic hydroxyl groups is 1. The van der Waals surface area contributed by atoms with Gasteiger partial charge in [-0.15, -0.1) is 0 Å². The van der Waals surface area contributed by atoms with Crippen molar-refractivity contribution in [2.45, 2.75) is 38.2 Å². The highest BCUT2D eigenvalue weighted by atomic mass is 16.6. The first-order valence-corrected chi connectivity index (χ1v) is 7.00. The quantitative estimate of drug-likeness (QED) is 0.827. The van der Waals surface area contributed by atoms with Crippen LogP contribution in [0.15, 0.2) is 35.6 Å². The zero-order chi connectivity index (χ0) is 14.1. The van der Waals surface area contributed by atoms with Gasteiger partial charge in [0, 0.05) is 12.8 Å². The summed E-state index contributed by atoms with van der Waals surface area (Å²) in [6, 6.07) is 6.44. The van der Waals surface area contributed by atoms with Gasteiger partial charge in [0.05, 0.1) is 0 Å². The second-order valence-corrected chi connectivity index (χ2v) is 5.65. The van der Waals surface area contributed by atoms with Gasteiger partial charge in [0.1, 0.15) is 11.5 Å². The second kappa shape index (κ2) is 5.29. The summed E-state index contributed by atoms with van der Waals surface area (Å²) >= 11 is 0. The fourth-order valence-corrected chi connectivity index (χ4v) is 3.01. The van der Waals surface area contributed by atoms with Gasteiger partial charge in [0.15, 0.2) is 6.10 Å². The predicted molar refractivity (Wildman–Crippen MR) is 72.9 cm³/mol. The Hall–Kier alpha value is -1.81. The van der Waals surface area contributed by atoms with Crippen molar-refractivity contribution in [3.8, 4) is 5.75 Å². The lowest BCUT2D eigenvalue weighted by Crippen LogP contribution is -2.25. The summed E-state index contributed by atoms with van der Waals surface area (Å²) < 4.78 is 5.34. The molecule has 0 aromatic heterocycles. The molecular formula is C16H18O4. The van der Waals surface area contributed by atoms with Gasteiger partial charge < -0.3 is 14.9 Å². The van der Waals surface area contributed by atoms with E-state index in [1.165, 1.54) is 24.1 Å². The molecule has 4 nitrogen and oxygen atoms in total. The summed E-state index contributed by atoms with van der Waals surface area (Å²) in [5, 5.41) is 19.1. The highest BCUT2D eigenvalue weighted by Crippen LogP contribution is 2.44. The molecule has 20 heavy (non-hydrogen) atoms. The molecule has 2 aliphatic carbocycles. The Morgan fingerprint density at radius 1 is 1.30 bits per heavy atom. The molecule has 0 saturated heterocycles. The van der Waals surface area contributed by atoms with Gasteiger partial charge in [-0.2, -0.15) is 0 Å². The van der Waals surface area contributed by atoms with E-state index in [9.17, 15) is 15.0 Å². The van der Waals surface area contributed by atoms with Crippen LogP contribution in [0, 0.1) is 5.92 Å². The summed E-state index contributed by atoms with van der Waals surface area (Å²) in [5.41, 5.74) is 2.04. The Labute approximate surface area is 117 Å². The van der Waals surface area contributed by atoms with Crippen LogP contribution in [-0.2, 0) is 16.0 Å². The summed E-state index contributed by atoms with van der Waals surface area (Å²) in [6.45, 7) is 0. The maximum Gasteiger partial charge on any atom is 0.340 e. The van der Waals surface area contributed by atoms with E-state index in [2.05, 4.69) is 0 Å². The van der Waals surface area contributed by atoms with Gasteiger partial charge >= 0.3 is 5.97 Å². The molecule has 0 heterocycles. The third kappa shape index (κ3) is 2.70. The van der Waals surface area contributed by atoms with Crippen LogP contribution in [0.2, 0.25) is 0 Å². The van der Waals surface area contributed by atoms with Gasteiger partial charge in [0.25, 0.3) is 0 Å². The zero-order valence-corrected chi connectivity index (χ0v) is 11.2. The first-order valence-electron chi connectivity index (χ1n) is 7.00. The van der Waals surface area contributed by atoms with Crippen molar-refractivity contribution in [2.75, 3.05) is 0 Å². The van der Waals surface area contributed by atoms with Gasteiger partial charge in [0.2, 0.25) is 0 Å². The number of aliphatic hydroxyl groups is 1. The third-order valence-electron chi connectivity index (χ3n) is 4.12. The van der Waals surface area contributed by atoms with Crippen LogP contribution < -0.4 is 0 Å². The molecule has 0 amide bonds. The fraction of sp³-hybridized carbons (Fsp3) is 0.438. The predicted octanol–water partition coefficient (Wildman–Crippen LogP) is 2.30. The number of carbonyl (C=O) groups is 1. The Morgan fingerprint density at radius 2 is 2.05 bits per heavy atom.